The number of carbonyl (C=O) groups is 2. The third-order valence-corrected chi connectivity index (χ3v) is 9.20. The number of hydrogen-bond acceptors (Lipinski definition) is 5. The molecule has 1 fully saturated rings. The van der Waals surface area contributed by atoms with Gasteiger partial charge in [-0.25, -0.2) is 17.5 Å². The summed E-state index contributed by atoms with van der Waals surface area (Å²) in [6, 6.07) is 3.99. The summed E-state index contributed by atoms with van der Waals surface area (Å²) in [5.41, 5.74) is -5.86. The van der Waals surface area contributed by atoms with Crippen molar-refractivity contribution in [2.75, 3.05) is 0 Å². The zero-order valence-electron chi connectivity index (χ0n) is 23.8. The Bertz CT molecular complexity index is 1560. The number of unbranched alkanes of at least 4 members (excludes halogenated alkanes) is 1. The van der Waals surface area contributed by atoms with E-state index in [1.807, 2.05) is 13.8 Å². The Labute approximate surface area is 249 Å². The van der Waals surface area contributed by atoms with Gasteiger partial charge in [0.25, 0.3) is 11.8 Å². The molecule has 1 atom stereocenters. The second-order valence-electron chi connectivity index (χ2n) is 11.5. The van der Waals surface area contributed by atoms with Gasteiger partial charge >= 0.3 is 12.4 Å². The lowest BCUT2D eigenvalue weighted by molar-refractivity contribution is -0.202. The van der Waals surface area contributed by atoms with Crippen molar-refractivity contribution in [3.05, 3.63) is 58.7 Å². The van der Waals surface area contributed by atoms with E-state index in [0.717, 1.165) is 18.2 Å². The van der Waals surface area contributed by atoms with Gasteiger partial charge in [0.15, 0.2) is 5.54 Å². The summed E-state index contributed by atoms with van der Waals surface area (Å²) in [4.78, 5) is 26.5. The van der Waals surface area contributed by atoms with Crippen LogP contribution in [-0.2, 0) is 38.1 Å². The van der Waals surface area contributed by atoms with Gasteiger partial charge in [0, 0.05) is 36.7 Å². The number of sulfonamides is 1. The number of aromatic nitrogens is 2. The summed E-state index contributed by atoms with van der Waals surface area (Å²) >= 11 is 0. The molecule has 2 aliphatic rings. The fourth-order valence-electron chi connectivity index (χ4n) is 5.09. The number of aryl methyl sites for hydroxylation is 1. The minimum Gasteiger partial charge on any atom is -0.334 e. The molecule has 1 saturated carbocycles. The predicted molar refractivity (Wildman–Crippen MR) is 145 cm³/mol. The summed E-state index contributed by atoms with van der Waals surface area (Å²) in [7, 11) is -4.20. The highest BCUT2D eigenvalue weighted by atomic mass is 32.2. The molecule has 2 amide bonds. The normalized spacial score (nSPS) is 19.8. The van der Waals surface area contributed by atoms with Crippen LogP contribution >= 0.6 is 0 Å². The molecule has 0 bridgehead atoms. The molecule has 1 aromatic carbocycles. The molecule has 2 heterocycles. The summed E-state index contributed by atoms with van der Waals surface area (Å²) in [6.45, 7) is 4.04. The molecule has 1 aromatic heterocycles. The van der Waals surface area contributed by atoms with Crippen LogP contribution in [0.25, 0.3) is 5.57 Å². The van der Waals surface area contributed by atoms with E-state index >= 15 is 4.39 Å². The fraction of sp³-hybridized carbons (Fsp3) is 0.536. The third kappa shape index (κ3) is 7.44. The van der Waals surface area contributed by atoms with Gasteiger partial charge in [-0.2, -0.15) is 31.4 Å². The summed E-state index contributed by atoms with van der Waals surface area (Å²) in [5.74, 6) is -4.33. The Hall–Kier alpha value is -3.43. The van der Waals surface area contributed by atoms with Crippen LogP contribution in [-0.4, -0.2) is 47.6 Å². The minimum atomic E-state index is -5.33. The van der Waals surface area contributed by atoms with Crippen LogP contribution < -0.4 is 10.0 Å². The fourth-order valence-corrected chi connectivity index (χ4v) is 6.38. The first-order valence-electron chi connectivity index (χ1n) is 13.9. The van der Waals surface area contributed by atoms with E-state index < -0.39 is 80.3 Å². The molecule has 1 unspecified atom stereocenters. The Morgan fingerprint density at radius 2 is 1.82 bits per heavy atom. The van der Waals surface area contributed by atoms with Crippen molar-refractivity contribution in [3.8, 4) is 0 Å². The first-order valence-corrected chi connectivity index (χ1v) is 15.5. The number of nitrogens with zero attached hydrogens (tertiary/aromatic N) is 2. The number of rotatable bonds is 11. The van der Waals surface area contributed by atoms with Gasteiger partial charge in [0.1, 0.15) is 11.4 Å². The zero-order valence-corrected chi connectivity index (χ0v) is 24.6. The maximum atomic E-state index is 15.5. The van der Waals surface area contributed by atoms with Gasteiger partial charge in [0.05, 0.1) is 10.9 Å². The molecule has 2 aromatic rings. The lowest BCUT2D eigenvalue weighted by Crippen LogP contribution is -2.60. The minimum absolute atomic E-state index is 0.00754. The highest BCUT2D eigenvalue weighted by Crippen LogP contribution is 2.49. The molecular weight excluding hydrogens is 621 g/mol. The van der Waals surface area contributed by atoms with Crippen molar-refractivity contribution < 1.29 is 48.7 Å². The topological polar surface area (TPSA) is 110 Å². The molecule has 44 heavy (non-hydrogen) atoms. The highest BCUT2D eigenvalue weighted by Gasteiger charge is 2.61. The van der Waals surface area contributed by atoms with Gasteiger partial charge in [-0.15, -0.1) is 0 Å². The van der Waals surface area contributed by atoms with Crippen LogP contribution in [0.2, 0.25) is 0 Å². The maximum Gasteiger partial charge on any atom is 0.416 e. The molecule has 1 aliphatic carbocycles. The zero-order chi connectivity index (χ0) is 32.7. The van der Waals surface area contributed by atoms with Crippen molar-refractivity contribution in [3.63, 3.8) is 0 Å². The Morgan fingerprint density at radius 3 is 2.39 bits per heavy atom. The first-order chi connectivity index (χ1) is 20.3. The Kier molecular flexibility index (Phi) is 9.25. The van der Waals surface area contributed by atoms with E-state index in [2.05, 4.69) is 5.10 Å². The van der Waals surface area contributed by atoms with E-state index in [1.54, 1.807) is 10.0 Å². The largest absolute Gasteiger partial charge is 0.416 e. The van der Waals surface area contributed by atoms with Crippen LogP contribution in [0.4, 0.5) is 30.7 Å². The number of amides is 2. The smallest absolute Gasteiger partial charge is 0.334 e. The van der Waals surface area contributed by atoms with Crippen molar-refractivity contribution in [1.29, 1.82) is 0 Å². The van der Waals surface area contributed by atoms with Gasteiger partial charge in [-0.3, -0.25) is 14.3 Å². The molecule has 8 nitrogen and oxygen atoms in total. The van der Waals surface area contributed by atoms with Crippen LogP contribution in [0.1, 0.15) is 69.2 Å². The van der Waals surface area contributed by atoms with Gasteiger partial charge in [-0.05, 0) is 55.7 Å². The molecule has 0 spiro atoms. The standard InChI is InChI=1S/C28H31F7N4O4S/c1-16(2)15-39-12-10-22(37-39)19-14-26(28(33,34)35,36-24(40)23(19)25(41)38-44(42,43)18-7-8-18)20-9-6-17(13-21(20)29)5-3-4-11-27(30,31)32/h6,9-10,12-13,16,18H,3-5,7-8,11,14-15H2,1-2H3,(H,36,40)(H,38,41). The molecule has 0 saturated heterocycles. The van der Waals surface area contributed by atoms with Gasteiger partial charge in [-0.1, -0.05) is 26.0 Å². The van der Waals surface area contributed by atoms with E-state index in [1.165, 1.54) is 16.9 Å². The average Bonchev–Trinajstić information content (AvgIpc) is 3.65. The highest BCUT2D eigenvalue weighted by molar-refractivity contribution is 7.91. The quantitative estimate of drug-likeness (QED) is 0.195. The van der Waals surface area contributed by atoms with Gasteiger partial charge < -0.3 is 5.32 Å². The van der Waals surface area contributed by atoms with Crippen LogP contribution in [0.3, 0.4) is 0 Å². The van der Waals surface area contributed by atoms with E-state index in [4.69, 9.17) is 0 Å². The average molecular weight is 653 g/mol. The Balaban J connectivity index is 1.76. The molecule has 4 rings (SSSR count). The second-order valence-corrected chi connectivity index (χ2v) is 13.5. The number of halogens is 7. The molecule has 242 valence electrons. The number of hydrogen-bond donors (Lipinski definition) is 2. The SMILES string of the molecule is CC(C)Cn1ccc(C2=C(C(=O)NS(=O)(=O)C3CC3)C(=O)NC(c3ccc(CCCCC(F)(F)F)cc3F)(C(F)(F)F)C2)n1. The maximum absolute atomic E-state index is 15.5. The van der Waals surface area contributed by atoms with E-state index in [0.29, 0.717) is 6.54 Å². The van der Waals surface area contributed by atoms with Crippen molar-refractivity contribution in [2.45, 2.75) is 88.5 Å². The van der Waals surface area contributed by atoms with Crippen molar-refractivity contribution >= 4 is 27.4 Å². The van der Waals surface area contributed by atoms with Crippen molar-refractivity contribution in [2.24, 2.45) is 5.92 Å². The first kappa shape index (κ1) is 33.5. The Morgan fingerprint density at radius 1 is 1.14 bits per heavy atom. The molecule has 16 heteroatoms. The number of benzene rings is 1. The monoisotopic (exact) mass is 652 g/mol. The predicted octanol–water partition coefficient (Wildman–Crippen LogP) is 5.29. The third-order valence-electron chi connectivity index (χ3n) is 7.38. The van der Waals surface area contributed by atoms with Crippen LogP contribution in [0, 0.1) is 11.7 Å². The van der Waals surface area contributed by atoms with Crippen LogP contribution in [0.15, 0.2) is 36.0 Å². The summed E-state index contributed by atoms with van der Waals surface area (Å²) in [6.07, 6.45) is -10.3. The number of carbonyl (C=O) groups excluding carboxylic acids is 2. The van der Waals surface area contributed by atoms with E-state index in [-0.39, 0.29) is 49.3 Å². The second kappa shape index (κ2) is 12.2. The lowest BCUT2D eigenvalue weighted by Gasteiger charge is -2.41. The molecule has 1 aliphatic heterocycles. The van der Waals surface area contributed by atoms with Crippen molar-refractivity contribution in [1.82, 2.24) is 19.8 Å². The lowest BCUT2D eigenvalue weighted by atomic mass is 9.77. The summed E-state index contributed by atoms with van der Waals surface area (Å²) < 4.78 is 126. The number of nitrogens with one attached hydrogen (secondary N) is 2. The molecule has 2 N–H and O–H groups in total. The molecular formula is C28H31F7N4O4S. The van der Waals surface area contributed by atoms with Gasteiger partial charge in [0.2, 0.25) is 10.0 Å². The molecule has 0 radical (unpaired) electrons. The number of alkyl halides is 6. The van der Waals surface area contributed by atoms with Crippen LogP contribution in [0.5, 0.6) is 0 Å². The summed E-state index contributed by atoms with van der Waals surface area (Å²) in [5, 5.41) is 5.10. The van der Waals surface area contributed by atoms with E-state index in [9.17, 15) is 44.3 Å².